The lowest BCUT2D eigenvalue weighted by Crippen LogP contribution is -2.15. The summed E-state index contributed by atoms with van der Waals surface area (Å²) in [7, 11) is 4.37. The summed E-state index contributed by atoms with van der Waals surface area (Å²) in [5.74, 6) is 1.31. The summed E-state index contributed by atoms with van der Waals surface area (Å²) in [5.41, 5.74) is 3.06. The van der Waals surface area contributed by atoms with Gasteiger partial charge in [-0.1, -0.05) is 0 Å². The Bertz CT molecular complexity index is 1240. The molecule has 0 saturated heterocycles. The molecule has 0 atom stereocenters. The number of rotatable bonds is 8. The molecule has 178 valence electrons. The predicted molar refractivity (Wildman–Crippen MR) is 122 cm³/mol. The number of ether oxygens (including phenoxy) is 6. The molecule has 34 heavy (non-hydrogen) atoms. The summed E-state index contributed by atoms with van der Waals surface area (Å²) in [6.07, 6.45) is 0. The van der Waals surface area contributed by atoms with E-state index in [-0.39, 0.29) is 18.1 Å². The number of hydrogen-bond donors (Lipinski definition) is 0. The number of carbonyl (C=O) groups excluding carboxylic acids is 2. The molecule has 3 aromatic rings. The lowest BCUT2D eigenvalue weighted by atomic mass is 10.1. The first-order chi connectivity index (χ1) is 16.4. The van der Waals surface area contributed by atoms with Gasteiger partial charge in [0.15, 0.2) is 29.6 Å². The summed E-state index contributed by atoms with van der Waals surface area (Å²) in [6.45, 7) is 3.51. The Hall–Kier alpha value is -4.14. The van der Waals surface area contributed by atoms with Gasteiger partial charge in [-0.2, -0.15) is 0 Å². The lowest BCUT2D eigenvalue weighted by Gasteiger charge is -2.13. The van der Waals surface area contributed by atoms with Crippen LogP contribution in [0.15, 0.2) is 36.4 Å². The van der Waals surface area contributed by atoms with Crippen molar-refractivity contribution in [2.45, 2.75) is 13.8 Å². The number of aryl methyl sites for hydroxylation is 1. The van der Waals surface area contributed by atoms with E-state index in [0.717, 1.165) is 17.1 Å². The molecule has 0 spiro atoms. The molecule has 0 unspecified atom stereocenters. The van der Waals surface area contributed by atoms with Crippen molar-refractivity contribution in [3.05, 3.63) is 58.9 Å². The van der Waals surface area contributed by atoms with E-state index in [9.17, 15) is 9.59 Å². The molecule has 0 aliphatic carbocycles. The normalized spacial score (nSPS) is 11.8. The van der Waals surface area contributed by atoms with Crippen molar-refractivity contribution in [3.63, 3.8) is 0 Å². The van der Waals surface area contributed by atoms with E-state index in [4.69, 9.17) is 28.4 Å². The SMILES string of the molecule is COc1cc(C(=O)OCC(=O)c2cc(C)n(-c3ccc4c(c3)OCO4)c2C)cc(OC)c1OC. The van der Waals surface area contributed by atoms with Crippen molar-refractivity contribution in [1.82, 2.24) is 4.57 Å². The van der Waals surface area contributed by atoms with Crippen LogP contribution in [0.5, 0.6) is 28.7 Å². The van der Waals surface area contributed by atoms with Crippen LogP contribution in [0.2, 0.25) is 0 Å². The van der Waals surface area contributed by atoms with Crippen LogP contribution in [0.4, 0.5) is 0 Å². The highest BCUT2D eigenvalue weighted by molar-refractivity contribution is 6.00. The van der Waals surface area contributed by atoms with Gasteiger partial charge in [0.25, 0.3) is 0 Å². The molecule has 1 aromatic heterocycles. The standard InChI is InChI=1S/C25H25NO8/c1-14-8-18(15(2)26(14)17-6-7-20-21(11-17)34-13-33-20)19(27)12-32-25(28)16-9-22(29-3)24(31-5)23(10-16)30-4/h6-11H,12-13H2,1-5H3. The first-order valence-electron chi connectivity index (χ1n) is 10.5. The Kier molecular flexibility index (Phi) is 6.36. The Labute approximate surface area is 196 Å². The fraction of sp³-hybridized carbons (Fsp3) is 0.280. The molecule has 9 nitrogen and oxygen atoms in total. The number of carbonyl (C=O) groups is 2. The number of benzene rings is 2. The van der Waals surface area contributed by atoms with Crippen LogP contribution < -0.4 is 23.7 Å². The third-order valence-electron chi connectivity index (χ3n) is 5.58. The zero-order chi connectivity index (χ0) is 24.4. The molecule has 0 fully saturated rings. The van der Waals surface area contributed by atoms with Crippen molar-refractivity contribution in [1.29, 1.82) is 0 Å². The van der Waals surface area contributed by atoms with E-state index in [1.165, 1.54) is 33.5 Å². The highest BCUT2D eigenvalue weighted by atomic mass is 16.7. The third-order valence-corrected chi connectivity index (χ3v) is 5.58. The van der Waals surface area contributed by atoms with Crippen molar-refractivity contribution < 1.29 is 38.0 Å². The second-order valence-electron chi connectivity index (χ2n) is 7.57. The molecule has 0 bridgehead atoms. The van der Waals surface area contributed by atoms with Crippen molar-refractivity contribution >= 4 is 11.8 Å². The van der Waals surface area contributed by atoms with Crippen LogP contribution in [-0.2, 0) is 4.74 Å². The first kappa shape index (κ1) is 23.0. The molecule has 9 heteroatoms. The lowest BCUT2D eigenvalue weighted by molar-refractivity contribution is 0.0474. The van der Waals surface area contributed by atoms with Gasteiger partial charge in [0.05, 0.1) is 26.9 Å². The van der Waals surface area contributed by atoms with Gasteiger partial charge in [-0.3, -0.25) is 4.79 Å². The number of hydrogen-bond acceptors (Lipinski definition) is 8. The van der Waals surface area contributed by atoms with Crippen molar-refractivity contribution in [2.24, 2.45) is 0 Å². The van der Waals surface area contributed by atoms with Gasteiger partial charge >= 0.3 is 5.97 Å². The van der Waals surface area contributed by atoms with Crippen molar-refractivity contribution in [2.75, 3.05) is 34.7 Å². The minimum absolute atomic E-state index is 0.174. The number of esters is 1. The van der Waals surface area contributed by atoms with Crippen LogP contribution in [0.25, 0.3) is 5.69 Å². The smallest absolute Gasteiger partial charge is 0.338 e. The molecule has 2 aromatic carbocycles. The van der Waals surface area contributed by atoms with Crippen LogP contribution in [0.3, 0.4) is 0 Å². The van der Waals surface area contributed by atoms with E-state index in [1.54, 1.807) is 6.07 Å². The van der Waals surface area contributed by atoms with E-state index < -0.39 is 12.6 Å². The maximum Gasteiger partial charge on any atom is 0.338 e. The molecule has 0 amide bonds. The molecular weight excluding hydrogens is 442 g/mol. The Morgan fingerprint density at radius 1 is 0.912 bits per heavy atom. The largest absolute Gasteiger partial charge is 0.493 e. The summed E-state index contributed by atoms with van der Waals surface area (Å²) in [6, 6.07) is 10.3. The number of fused-ring (bicyclic) bond motifs is 1. The van der Waals surface area contributed by atoms with Gasteiger partial charge in [0.1, 0.15) is 0 Å². The van der Waals surface area contributed by atoms with Crippen LogP contribution >= 0.6 is 0 Å². The zero-order valence-corrected chi connectivity index (χ0v) is 19.6. The van der Waals surface area contributed by atoms with E-state index in [0.29, 0.717) is 34.3 Å². The summed E-state index contributed by atoms with van der Waals surface area (Å²) in [5, 5.41) is 0. The zero-order valence-electron chi connectivity index (χ0n) is 19.6. The molecule has 4 rings (SSSR count). The number of Topliss-reactive ketones (excluding diaryl/α,β-unsaturated/α-hetero) is 1. The molecule has 0 N–H and O–H groups in total. The Morgan fingerprint density at radius 3 is 2.24 bits per heavy atom. The van der Waals surface area contributed by atoms with Crippen LogP contribution in [-0.4, -0.2) is 51.0 Å². The third kappa shape index (κ3) is 4.12. The number of ketones is 1. The minimum atomic E-state index is -0.683. The number of methoxy groups -OCH3 is 3. The molecule has 2 heterocycles. The van der Waals surface area contributed by atoms with Crippen molar-refractivity contribution in [3.8, 4) is 34.4 Å². The van der Waals surface area contributed by atoms with Gasteiger partial charge in [0, 0.05) is 28.7 Å². The molecular formula is C25H25NO8. The predicted octanol–water partition coefficient (Wildman–Crippen LogP) is 3.89. The van der Waals surface area contributed by atoms with Crippen LogP contribution in [0, 0.1) is 13.8 Å². The molecule has 0 saturated carbocycles. The first-order valence-corrected chi connectivity index (χ1v) is 10.5. The van der Waals surface area contributed by atoms with Gasteiger partial charge in [-0.15, -0.1) is 0 Å². The maximum absolute atomic E-state index is 12.9. The van der Waals surface area contributed by atoms with Gasteiger partial charge < -0.3 is 33.0 Å². The highest BCUT2D eigenvalue weighted by Crippen LogP contribution is 2.38. The topological polar surface area (TPSA) is 94.5 Å². The number of nitrogens with zero attached hydrogens (tertiary/aromatic N) is 1. The maximum atomic E-state index is 12.9. The molecule has 1 aliphatic rings. The highest BCUT2D eigenvalue weighted by Gasteiger charge is 2.22. The molecule has 1 aliphatic heterocycles. The van der Waals surface area contributed by atoms with Gasteiger partial charge in [0.2, 0.25) is 18.3 Å². The Balaban J connectivity index is 1.52. The second kappa shape index (κ2) is 9.38. The van der Waals surface area contributed by atoms with E-state index in [2.05, 4.69) is 0 Å². The van der Waals surface area contributed by atoms with Gasteiger partial charge in [-0.05, 0) is 44.2 Å². The average Bonchev–Trinajstić information content (AvgIpc) is 3.44. The minimum Gasteiger partial charge on any atom is -0.493 e. The fourth-order valence-electron chi connectivity index (χ4n) is 3.96. The molecule has 0 radical (unpaired) electrons. The quantitative estimate of drug-likeness (QED) is 0.364. The van der Waals surface area contributed by atoms with E-state index in [1.807, 2.05) is 36.6 Å². The van der Waals surface area contributed by atoms with Crippen LogP contribution in [0.1, 0.15) is 32.1 Å². The average molecular weight is 467 g/mol. The second-order valence-corrected chi connectivity index (χ2v) is 7.57. The summed E-state index contributed by atoms with van der Waals surface area (Å²) >= 11 is 0. The fourth-order valence-corrected chi connectivity index (χ4v) is 3.96. The summed E-state index contributed by atoms with van der Waals surface area (Å²) < 4.78 is 33.9. The number of aromatic nitrogens is 1. The van der Waals surface area contributed by atoms with Gasteiger partial charge in [-0.25, -0.2) is 4.79 Å². The summed E-state index contributed by atoms with van der Waals surface area (Å²) in [4.78, 5) is 25.6. The van der Waals surface area contributed by atoms with E-state index >= 15 is 0 Å². The monoisotopic (exact) mass is 467 g/mol. The Morgan fingerprint density at radius 2 is 1.59 bits per heavy atom.